The first-order chi connectivity index (χ1) is 13.4. The average Bonchev–Trinajstić information content (AvgIpc) is 3.04. The molecule has 0 bridgehead atoms. The molecule has 7 nitrogen and oxygen atoms in total. The van der Waals surface area contributed by atoms with E-state index < -0.39 is 0 Å². The number of carbonyl (C=O) groups is 1. The molecule has 4 rings (SSSR count). The zero-order chi connectivity index (χ0) is 19.9. The molecular formula is C20H24N6OS. The number of aromatic nitrogens is 3. The Morgan fingerprint density at radius 3 is 2.54 bits per heavy atom. The van der Waals surface area contributed by atoms with E-state index in [9.17, 15) is 4.79 Å². The van der Waals surface area contributed by atoms with Crippen LogP contribution in [-0.4, -0.2) is 52.9 Å². The lowest BCUT2D eigenvalue weighted by atomic mass is 9.77. The summed E-state index contributed by atoms with van der Waals surface area (Å²) in [5, 5.41) is 0.859. The van der Waals surface area contributed by atoms with Gasteiger partial charge in [-0.05, 0) is 31.0 Å². The van der Waals surface area contributed by atoms with E-state index in [1.54, 1.807) is 31.4 Å². The van der Waals surface area contributed by atoms with Gasteiger partial charge < -0.3 is 15.5 Å². The monoisotopic (exact) mass is 396 g/mol. The van der Waals surface area contributed by atoms with E-state index in [0.29, 0.717) is 10.6 Å². The summed E-state index contributed by atoms with van der Waals surface area (Å²) >= 11 is 1.38. The van der Waals surface area contributed by atoms with Crippen LogP contribution in [0.3, 0.4) is 0 Å². The number of nitrogens with two attached hydrogens (primary N) is 1. The fraction of sp³-hybridized carbons (Fsp3) is 0.400. The highest BCUT2D eigenvalue weighted by atomic mass is 32.1. The average molecular weight is 397 g/mol. The smallest absolute Gasteiger partial charge is 0.265 e. The number of carbonyl (C=O) groups excluding carboxylic acids is 1. The molecule has 1 fully saturated rings. The first-order valence-corrected chi connectivity index (χ1v) is 10.1. The molecule has 0 spiro atoms. The maximum absolute atomic E-state index is 12.4. The Bertz CT molecular complexity index is 1010. The van der Waals surface area contributed by atoms with Crippen LogP contribution in [0.4, 0.5) is 11.6 Å². The molecule has 1 aliphatic heterocycles. The van der Waals surface area contributed by atoms with E-state index in [1.165, 1.54) is 11.3 Å². The maximum atomic E-state index is 12.4. The molecule has 0 radical (unpaired) electrons. The third kappa shape index (κ3) is 3.17. The van der Waals surface area contributed by atoms with Crippen molar-refractivity contribution in [2.45, 2.75) is 25.2 Å². The molecule has 146 valence electrons. The van der Waals surface area contributed by atoms with Crippen LogP contribution in [-0.2, 0) is 5.41 Å². The van der Waals surface area contributed by atoms with Crippen molar-refractivity contribution >= 4 is 39.1 Å². The van der Waals surface area contributed by atoms with Crippen LogP contribution in [0, 0.1) is 0 Å². The Hall–Kier alpha value is -2.74. The van der Waals surface area contributed by atoms with Crippen molar-refractivity contribution in [3.05, 3.63) is 41.2 Å². The van der Waals surface area contributed by atoms with E-state index in [4.69, 9.17) is 10.7 Å². The Kier molecular flexibility index (Phi) is 4.66. The number of anilines is 2. The second-order valence-corrected chi connectivity index (χ2v) is 8.69. The number of piperidine rings is 1. The highest BCUT2D eigenvalue weighted by Gasteiger charge is 2.34. The van der Waals surface area contributed by atoms with Gasteiger partial charge in [0, 0.05) is 56.1 Å². The molecule has 0 aliphatic carbocycles. The molecule has 0 aromatic carbocycles. The number of thiophene rings is 1. The zero-order valence-corrected chi connectivity index (χ0v) is 17.2. The molecule has 1 aliphatic rings. The van der Waals surface area contributed by atoms with Crippen LogP contribution in [0.25, 0.3) is 10.2 Å². The van der Waals surface area contributed by atoms with Gasteiger partial charge in [0.1, 0.15) is 9.71 Å². The summed E-state index contributed by atoms with van der Waals surface area (Å²) in [5.74, 6) is 0.704. The van der Waals surface area contributed by atoms with Crippen LogP contribution in [0.2, 0.25) is 0 Å². The van der Waals surface area contributed by atoms with Gasteiger partial charge in [0.25, 0.3) is 5.91 Å². The van der Waals surface area contributed by atoms with Crippen LogP contribution in [0.15, 0.2) is 30.6 Å². The van der Waals surface area contributed by atoms with Crippen LogP contribution in [0.5, 0.6) is 0 Å². The molecule has 2 N–H and O–H groups in total. The van der Waals surface area contributed by atoms with E-state index in [1.807, 2.05) is 12.1 Å². The third-order valence-electron chi connectivity index (χ3n) is 5.51. The summed E-state index contributed by atoms with van der Waals surface area (Å²) in [7, 11) is 3.46. The highest BCUT2D eigenvalue weighted by Crippen LogP contribution is 2.38. The molecule has 1 saturated heterocycles. The van der Waals surface area contributed by atoms with Crippen LogP contribution in [0.1, 0.15) is 35.1 Å². The topological polar surface area (TPSA) is 88.2 Å². The summed E-state index contributed by atoms with van der Waals surface area (Å²) in [6.07, 6.45) is 5.49. The van der Waals surface area contributed by atoms with Crippen LogP contribution < -0.4 is 10.6 Å². The van der Waals surface area contributed by atoms with Gasteiger partial charge in [-0.2, -0.15) is 0 Å². The van der Waals surface area contributed by atoms with Gasteiger partial charge in [0.2, 0.25) is 5.95 Å². The zero-order valence-electron chi connectivity index (χ0n) is 16.3. The van der Waals surface area contributed by atoms with E-state index in [-0.39, 0.29) is 11.3 Å². The number of rotatable bonds is 3. The summed E-state index contributed by atoms with van der Waals surface area (Å²) < 4.78 is 0. The lowest BCUT2D eigenvalue weighted by Gasteiger charge is -2.39. The Morgan fingerprint density at radius 1 is 1.21 bits per heavy atom. The molecular weight excluding hydrogens is 372 g/mol. The number of hydrogen-bond donors (Lipinski definition) is 1. The number of fused-ring (bicyclic) bond motifs is 1. The molecule has 8 heteroatoms. The van der Waals surface area contributed by atoms with Gasteiger partial charge in [0.05, 0.1) is 5.69 Å². The molecule has 3 aromatic rings. The summed E-state index contributed by atoms with van der Waals surface area (Å²) in [5.41, 5.74) is 7.78. The van der Waals surface area contributed by atoms with E-state index in [2.05, 4.69) is 27.9 Å². The highest BCUT2D eigenvalue weighted by molar-refractivity contribution is 7.21. The normalized spacial score (nSPS) is 16.3. The fourth-order valence-electron chi connectivity index (χ4n) is 3.61. The minimum Gasteiger partial charge on any atom is -0.397 e. The summed E-state index contributed by atoms with van der Waals surface area (Å²) in [6.45, 7) is 4.03. The van der Waals surface area contributed by atoms with Crippen molar-refractivity contribution in [3.63, 3.8) is 0 Å². The van der Waals surface area contributed by atoms with Gasteiger partial charge in [-0.25, -0.2) is 15.0 Å². The molecule has 1 amide bonds. The van der Waals surface area contributed by atoms with Gasteiger partial charge in [-0.15, -0.1) is 11.3 Å². The predicted molar refractivity (Wildman–Crippen MR) is 113 cm³/mol. The minimum absolute atomic E-state index is 0.0239. The largest absolute Gasteiger partial charge is 0.397 e. The number of nitrogens with zero attached hydrogens (tertiary/aromatic N) is 5. The summed E-state index contributed by atoms with van der Waals surface area (Å²) in [4.78, 5) is 31.1. The number of amides is 1. The van der Waals surface area contributed by atoms with Crippen LogP contribution >= 0.6 is 11.3 Å². The Balaban J connectivity index is 1.60. The Morgan fingerprint density at radius 2 is 1.89 bits per heavy atom. The minimum atomic E-state index is -0.0792. The molecule has 0 atom stereocenters. The van der Waals surface area contributed by atoms with Crippen molar-refractivity contribution in [1.82, 2.24) is 19.9 Å². The maximum Gasteiger partial charge on any atom is 0.265 e. The quantitative estimate of drug-likeness (QED) is 0.732. The second-order valence-electron chi connectivity index (χ2n) is 7.69. The van der Waals surface area contributed by atoms with Crippen molar-refractivity contribution in [3.8, 4) is 0 Å². The molecule has 4 heterocycles. The molecule has 28 heavy (non-hydrogen) atoms. The summed E-state index contributed by atoms with van der Waals surface area (Å²) in [6, 6.07) is 5.90. The van der Waals surface area contributed by atoms with E-state index in [0.717, 1.165) is 47.8 Å². The van der Waals surface area contributed by atoms with Gasteiger partial charge in [0.15, 0.2) is 0 Å². The van der Waals surface area contributed by atoms with Crippen molar-refractivity contribution in [2.24, 2.45) is 0 Å². The third-order valence-corrected chi connectivity index (χ3v) is 6.62. The molecule has 0 unspecified atom stereocenters. The van der Waals surface area contributed by atoms with Gasteiger partial charge in [-0.1, -0.05) is 6.92 Å². The van der Waals surface area contributed by atoms with Crippen molar-refractivity contribution < 1.29 is 4.79 Å². The fourth-order valence-corrected chi connectivity index (χ4v) is 4.72. The first kappa shape index (κ1) is 18.6. The standard InChI is InChI=1S/C20H24N6OS/c1-20(7-11-26(12-8-20)19-22-9-4-10-23-19)14-6-5-13-15(21)16(18(27)25(2)3)28-17(13)24-14/h4-6,9-10H,7-8,11-12,21H2,1-3H3. The van der Waals surface area contributed by atoms with Crippen molar-refractivity contribution in [2.75, 3.05) is 37.8 Å². The lowest BCUT2D eigenvalue weighted by Crippen LogP contribution is -2.42. The molecule has 0 saturated carbocycles. The Labute approximate surface area is 168 Å². The number of hydrogen-bond acceptors (Lipinski definition) is 7. The van der Waals surface area contributed by atoms with E-state index >= 15 is 0 Å². The van der Waals surface area contributed by atoms with Crippen molar-refractivity contribution in [1.29, 1.82) is 0 Å². The lowest BCUT2D eigenvalue weighted by molar-refractivity contribution is 0.0833. The first-order valence-electron chi connectivity index (χ1n) is 9.32. The molecule has 3 aromatic heterocycles. The second kappa shape index (κ2) is 7.01. The van der Waals surface area contributed by atoms with Gasteiger partial charge in [-0.3, -0.25) is 4.79 Å². The number of nitrogen functional groups attached to an aromatic ring is 1. The number of pyridine rings is 1. The predicted octanol–water partition coefficient (Wildman–Crippen LogP) is 2.93. The SMILES string of the molecule is CN(C)C(=O)c1sc2nc(C3(C)CCN(c4ncccn4)CC3)ccc2c1N. The van der Waals surface area contributed by atoms with Gasteiger partial charge >= 0.3 is 0 Å².